The monoisotopic (exact) mass is 1630 g/mol. The highest BCUT2D eigenvalue weighted by Gasteiger charge is 2.58. The minimum Gasteiger partial charge on any atom is -0.467 e. The Morgan fingerprint density at radius 1 is 0.635 bits per heavy atom. The predicted molar refractivity (Wildman–Crippen MR) is 413 cm³/mol. The molecule has 8 aliphatic rings. The zero-order valence-electron chi connectivity index (χ0n) is 66.9. The van der Waals surface area contributed by atoms with Crippen LogP contribution < -0.4 is 5.32 Å². The number of aliphatic hydroxyl groups is 3. The molecule has 115 heavy (non-hydrogen) atoms. The second-order valence-corrected chi connectivity index (χ2v) is 30.9. The van der Waals surface area contributed by atoms with Crippen LogP contribution in [0.3, 0.4) is 0 Å². The average Bonchev–Trinajstić information content (AvgIpc) is 1.62. The molecule has 0 spiro atoms. The van der Waals surface area contributed by atoms with Gasteiger partial charge in [-0.05, 0) is 87.0 Å². The number of ether oxygens (including phenoxy) is 16. The van der Waals surface area contributed by atoms with Crippen molar-refractivity contribution < 1.29 is 120 Å². The van der Waals surface area contributed by atoms with E-state index >= 15 is 0 Å². The molecule has 2 aliphatic carbocycles. The first-order valence-corrected chi connectivity index (χ1v) is 39.4. The molecule has 0 amide bonds. The maximum Gasteiger partial charge on any atom is 0.321 e. The van der Waals surface area contributed by atoms with Gasteiger partial charge in [-0.25, -0.2) is 0 Å². The maximum atomic E-state index is 12.2. The van der Waals surface area contributed by atoms with E-state index in [1.165, 1.54) is 13.8 Å². The predicted octanol–water partition coefficient (Wildman–Crippen LogP) is 9.69. The van der Waals surface area contributed by atoms with Gasteiger partial charge in [-0.15, -0.1) is 11.6 Å². The molecule has 4 N–H and O–H groups in total. The quantitative estimate of drug-likeness (QED) is 0.00551. The van der Waals surface area contributed by atoms with Crippen LogP contribution in [-0.2, 0) is 120 Å². The molecule has 6 aliphatic heterocycles. The van der Waals surface area contributed by atoms with Gasteiger partial charge in [-0.1, -0.05) is 166 Å². The molecular formula is C82H112ClN7O25. The number of hydrogen-bond acceptors (Lipinski definition) is 28. The summed E-state index contributed by atoms with van der Waals surface area (Å²) in [5, 5.41) is 41.5. The van der Waals surface area contributed by atoms with Crippen molar-refractivity contribution in [2.45, 2.75) is 255 Å². The van der Waals surface area contributed by atoms with Gasteiger partial charge in [0.15, 0.2) is 24.1 Å². The van der Waals surface area contributed by atoms with Crippen molar-refractivity contribution in [1.82, 2.24) is 5.32 Å². The molecule has 33 heteroatoms. The third kappa shape index (κ3) is 26.9. The summed E-state index contributed by atoms with van der Waals surface area (Å²) in [5.41, 5.74) is 20.9. The summed E-state index contributed by atoms with van der Waals surface area (Å²) in [5.74, 6) is -3.08. The Morgan fingerprint density at radius 2 is 1.20 bits per heavy atom. The average molecular weight is 1630 g/mol. The fourth-order valence-corrected chi connectivity index (χ4v) is 15.8. The van der Waals surface area contributed by atoms with Crippen LogP contribution in [0.25, 0.3) is 20.9 Å². The minimum absolute atomic E-state index is 0.000165. The lowest BCUT2D eigenvalue weighted by atomic mass is 9.73. The van der Waals surface area contributed by atoms with Crippen molar-refractivity contribution in [3.05, 3.63) is 164 Å². The van der Waals surface area contributed by atoms with E-state index in [0.29, 0.717) is 44.7 Å². The van der Waals surface area contributed by atoms with Crippen molar-refractivity contribution >= 4 is 48.1 Å². The number of esters is 2. The van der Waals surface area contributed by atoms with E-state index < -0.39 is 97.1 Å². The van der Waals surface area contributed by atoms with Crippen molar-refractivity contribution in [2.75, 3.05) is 46.0 Å². The number of fused-ring (bicyclic) bond motifs is 5. The van der Waals surface area contributed by atoms with Gasteiger partial charge in [0.1, 0.15) is 67.9 Å². The fraction of sp³-hybridized carbons (Fsp3) is 0.634. The number of carbonyl (C=O) groups excluding carboxylic acids is 6. The highest BCUT2D eigenvalue weighted by atomic mass is 35.5. The second-order valence-electron chi connectivity index (χ2n) is 30.7. The Labute approximate surface area is 675 Å². The molecule has 4 aromatic carbocycles. The Hall–Kier alpha value is -7.63. The Bertz CT molecular complexity index is 3740. The smallest absolute Gasteiger partial charge is 0.321 e. The van der Waals surface area contributed by atoms with Gasteiger partial charge in [0.2, 0.25) is 0 Å². The fourth-order valence-electron chi connectivity index (χ4n) is 15.8. The number of nitrogens with one attached hydrogen (secondary N) is 1. The molecule has 0 aromatic heterocycles. The highest BCUT2D eigenvalue weighted by molar-refractivity contribution is 6.26. The summed E-state index contributed by atoms with van der Waals surface area (Å²) in [7, 11) is 1.70. The number of ketones is 2. The van der Waals surface area contributed by atoms with Crippen molar-refractivity contribution in [2.24, 2.45) is 39.8 Å². The molecule has 11 unspecified atom stereocenters. The normalized spacial score (nSPS) is 33.3. The molecule has 0 radical (unpaired) electrons. The molecule has 6 saturated heterocycles. The van der Waals surface area contributed by atoms with E-state index in [9.17, 15) is 44.1 Å². The Morgan fingerprint density at radius 3 is 1.75 bits per heavy atom. The Balaban J connectivity index is 0.000000181. The number of methoxy groups -OCH3 is 1. The van der Waals surface area contributed by atoms with Crippen LogP contribution in [0.4, 0.5) is 0 Å². The van der Waals surface area contributed by atoms with Gasteiger partial charge in [0.25, 0.3) is 18.9 Å². The molecule has 632 valence electrons. The molecule has 4 aromatic rings. The molecular weight excluding hydrogens is 1520 g/mol. The van der Waals surface area contributed by atoms with Gasteiger partial charge in [-0.2, -0.15) is 0 Å². The molecule has 8 fully saturated rings. The number of aliphatic hydroxyl groups excluding tert-OH is 3. The summed E-state index contributed by atoms with van der Waals surface area (Å²) in [6.45, 7) is 20.4. The number of Topliss-reactive ketones (excluding diaryl/α,β-unsaturated/α-hetero) is 2. The number of nitrogens with zero attached hydrogens (tertiary/aromatic N) is 6. The summed E-state index contributed by atoms with van der Waals surface area (Å²) >= 11 is 5.53. The summed E-state index contributed by atoms with van der Waals surface area (Å²) in [6.07, 6.45) is -4.39. The van der Waals surface area contributed by atoms with E-state index in [-0.39, 0.29) is 129 Å². The Kier molecular flexibility index (Phi) is 37.1. The molecule has 4 bridgehead atoms. The van der Waals surface area contributed by atoms with Crippen molar-refractivity contribution in [1.29, 1.82) is 0 Å². The van der Waals surface area contributed by atoms with Gasteiger partial charge < -0.3 is 91.7 Å². The lowest BCUT2D eigenvalue weighted by Crippen LogP contribution is -2.56. The van der Waals surface area contributed by atoms with E-state index in [1.54, 1.807) is 14.0 Å². The van der Waals surface area contributed by atoms with Crippen LogP contribution in [0.1, 0.15) is 128 Å². The first kappa shape index (κ1) is 92.9. The van der Waals surface area contributed by atoms with E-state index in [4.69, 9.17) is 98.5 Å². The van der Waals surface area contributed by atoms with Crippen LogP contribution >= 0.6 is 11.6 Å². The van der Waals surface area contributed by atoms with Crippen LogP contribution in [0.2, 0.25) is 0 Å². The van der Waals surface area contributed by atoms with E-state index in [1.807, 2.05) is 163 Å². The summed E-state index contributed by atoms with van der Waals surface area (Å²) in [4.78, 5) is 72.7. The summed E-state index contributed by atoms with van der Waals surface area (Å²) < 4.78 is 89.9. The lowest BCUT2D eigenvalue weighted by Gasteiger charge is -2.43. The van der Waals surface area contributed by atoms with Gasteiger partial charge in [0, 0.05) is 66.1 Å². The number of alkyl halides is 1. The molecule has 6 heterocycles. The number of benzene rings is 4. The SMILES string of the molecule is CC(=O)CO[C@H]1C(C)[C@@H]2OC(C)(OC(C)(C)C)OC2O[C@H]1COC=O.CC(=O)OC1[C@H](N=[N+]=[N-])C2OC[C@@H](O2)[C@H]1O.CCC1C[C@H](OC)C(NCC(=O)c2ccccc2)[C@@H](C)[C@@H]1O.C[C@@H]1C(OCc2ccccc2)[C@H](O)CC(COC=O)[C@H]1OC(=O)CCl.[N-]=[N+]=N[C@@H]1C2CC[C@@H](O2)[C@@H](OCc2ccccc2)C1OCc1ccccc1. The number of carbonyl (C=O) groups is 6. The van der Waals surface area contributed by atoms with Crippen LogP contribution in [0.5, 0.6) is 0 Å². The van der Waals surface area contributed by atoms with Crippen LogP contribution in [-0.4, -0.2) is 232 Å². The van der Waals surface area contributed by atoms with Crippen molar-refractivity contribution in [3.63, 3.8) is 0 Å². The molecule has 12 rings (SSSR count). The molecule has 26 atom stereocenters. The van der Waals surface area contributed by atoms with Crippen LogP contribution in [0, 0.1) is 29.6 Å². The highest BCUT2D eigenvalue weighted by Crippen LogP contribution is 2.44. The number of azide groups is 2. The minimum atomic E-state index is -1.26. The largest absolute Gasteiger partial charge is 0.467 e. The number of hydrogen-bond donors (Lipinski definition) is 4. The number of halogens is 1. The molecule has 2 saturated carbocycles. The second kappa shape index (κ2) is 45.9. The van der Waals surface area contributed by atoms with Crippen LogP contribution in [0.15, 0.2) is 132 Å². The zero-order chi connectivity index (χ0) is 83.4. The first-order valence-electron chi connectivity index (χ1n) is 38.9. The third-order valence-corrected chi connectivity index (χ3v) is 21.4. The van der Waals surface area contributed by atoms with Gasteiger partial charge in [0.05, 0.1) is 100 Å². The maximum absolute atomic E-state index is 12.2. The zero-order valence-corrected chi connectivity index (χ0v) is 67.7. The van der Waals surface area contributed by atoms with E-state index in [2.05, 4.69) is 32.3 Å². The molecule has 32 nitrogen and oxygen atoms in total. The first-order chi connectivity index (χ1) is 55.2. The van der Waals surface area contributed by atoms with Gasteiger partial charge in [-0.3, -0.25) is 33.5 Å². The third-order valence-electron chi connectivity index (χ3n) is 21.2. The van der Waals surface area contributed by atoms with Crippen molar-refractivity contribution in [3.8, 4) is 0 Å². The topological polar surface area (TPSA) is 420 Å². The number of rotatable bonds is 30. The lowest BCUT2D eigenvalue weighted by molar-refractivity contribution is -0.371. The van der Waals surface area contributed by atoms with Gasteiger partial charge >= 0.3 is 11.9 Å². The van der Waals surface area contributed by atoms with E-state index in [0.717, 1.165) is 42.4 Å². The standard InChI is InChI=1S/C21H23N3O3.C18H23ClO6.C18H27NO3.C17H28O8.C8H11N3O5/c22-24-23-19-17-11-12-18(27-17)20(25-13-15-7-3-1-4-8-15)21(19)26-14-16-9-5-2-6-10-16;1-12-17(25-16(22)8-19)14(10-23-11-20)7-15(21)18(12)24-9-13-5-3-2-4-6-13;1-4-13-10-16(22-3)17(12(2)18(13)21)19-11-15(20)14-8-6-5-7-9-14;1-10(19)7-21-13-11(2)14-15(22-12(13)8-20-9-18)24-17(6,23-14)25-16(3,4)5;1-3(12)15-7-5(10-11-9)8-14-2-4(16-8)6(7)13/h1-10,17-21H,11-14H2;2-6,11-12,14-15,17-18,21H,7-10H2,1H3;5-9,12-13,16-19,21H,4,10-11H2,1-3H3;9,11-15H,7-8H2,1-6H3;4-8,13H,2H2,1H3/t17?,18-,19-,20-,21?;12-,14?,15+,17-,18?;12-,13?,16+,17?,18+;11?,12-,13-,14-,15?,17?;4-,5+,6-,7?,8?/m10101/s1. The summed E-state index contributed by atoms with van der Waals surface area (Å²) in [6, 6.07) is 37.7.